The highest BCUT2D eigenvalue weighted by molar-refractivity contribution is 5.16. The molecule has 0 spiro atoms. The van der Waals surface area contributed by atoms with Crippen LogP contribution >= 0.6 is 0 Å². The zero-order chi connectivity index (χ0) is 20.5. The Bertz CT molecular complexity index is 642. The number of rotatable bonds is 4. The molecule has 0 aliphatic carbocycles. The van der Waals surface area contributed by atoms with E-state index in [2.05, 4.69) is 27.7 Å². The molecule has 0 aromatic heterocycles. The summed E-state index contributed by atoms with van der Waals surface area (Å²) in [5.74, 6) is 1.13. The van der Waals surface area contributed by atoms with Crippen LogP contribution in [-0.2, 0) is 28.4 Å². The highest BCUT2D eigenvalue weighted by atomic mass is 16.8. The Kier molecular flexibility index (Phi) is 6.59. The Morgan fingerprint density at radius 1 is 0.931 bits per heavy atom. The molecule has 0 N–H and O–H groups in total. The standard InChI is InChI=1S/C23H34O6/c1-13-11-19(26-16(4)14(13)2)28-21-15(3)20-18(27-23(21)24-5)12-25-22(29-20)17-9-7-6-8-10-17/h6-10,13-16,18-23H,11-12H2,1-5H3/t13?,14-,15+,16?,18?,19-,20+,21?,22?,23+/m1/s1. The Balaban J connectivity index is 1.46. The first-order valence-electron chi connectivity index (χ1n) is 10.8. The lowest BCUT2D eigenvalue weighted by Gasteiger charge is -2.49. The molecule has 29 heavy (non-hydrogen) atoms. The Morgan fingerprint density at radius 2 is 1.69 bits per heavy atom. The van der Waals surface area contributed by atoms with Gasteiger partial charge in [-0.1, -0.05) is 51.1 Å². The molecular weight excluding hydrogens is 372 g/mol. The van der Waals surface area contributed by atoms with E-state index in [1.807, 2.05) is 30.3 Å². The van der Waals surface area contributed by atoms with Gasteiger partial charge >= 0.3 is 0 Å². The molecule has 3 fully saturated rings. The van der Waals surface area contributed by atoms with Crippen LogP contribution in [0.4, 0.5) is 0 Å². The van der Waals surface area contributed by atoms with E-state index in [1.54, 1.807) is 7.11 Å². The Hall–Kier alpha value is -1.02. The molecule has 0 saturated carbocycles. The van der Waals surface area contributed by atoms with Gasteiger partial charge in [-0.15, -0.1) is 0 Å². The van der Waals surface area contributed by atoms with E-state index in [-0.39, 0.29) is 36.6 Å². The quantitative estimate of drug-likeness (QED) is 0.756. The highest BCUT2D eigenvalue weighted by Gasteiger charge is 2.50. The fourth-order valence-corrected chi connectivity index (χ4v) is 4.64. The van der Waals surface area contributed by atoms with Crippen molar-refractivity contribution in [3.05, 3.63) is 35.9 Å². The van der Waals surface area contributed by atoms with Crippen molar-refractivity contribution in [3.8, 4) is 0 Å². The number of methoxy groups -OCH3 is 1. The summed E-state index contributed by atoms with van der Waals surface area (Å²) in [6.45, 7) is 9.22. The maximum atomic E-state index is 6.43. The maximum Gasteiger partial charge on any atom is 0.184 e. The van der Waals surface area contributed by atoms with Crippen LogP contribution in [0.1, 0.15) is 46.0 Å². The maximum absolute atomic E-state index is 6.43. The van der Waals surface area contributed by atoms with Gasteiger partial charge in [0.05, 0.1) is 18.8 Å². The minimum absolute atomic E-state index is 0.0716. The van der Waals surface area contributed by atoms with Crippen LogP contribution in [0.2, 0.25) is 0 Å². The summed E-state index contributed by atoms with van der Waals surface area (Å²) in [4.78, 5) is 0. The molecule has 0 amide bonds. The van der Waals surface area contributed by atoms with Crippen LogP contribution in [0.15, 0.2) is 30.3 Å². The first-order valence-corrected chi connectivity index (χ1v) is 10.8. The molecule has 3 saturated heterocycles. The van der Waals surface area contributed by atoms with Crippen molar-refractivity contribution in [1.29, 1.82) is 0 Å². The van der Waals surface area contributed by atoms with Gasteiger partial charge in [0.15, 0.2) is 18.9 Å². The lowest BCUT2D eigenvalue weighted by molar-refractivity contribution is -0.370. The summed E-state index contributed by atoms with van der Waals surface area (Å²) in [6.07, 6.45) is -0.674. The summed E-state index contributed by atoms with van der Waals surface area (Å²) >= 11 is 0. The van der Waals surface area contributed by atoms with Crippen LogP contribution in [0, 0.1) is 17.8 Å². The fraction of sp³-hybridized carbons (Fsp3) is 0.739. The van der Waals surface area contributed by atoms with E-state index in [0.29, 0.717) is 18.4 Å². The van der Waals surface area contributed by atoms with Gasteiger partial charge in [-0.2, -0.15) is 0 Å². The first-order chi connectivity index (χ1) is 14.0. The molecule has 6 nitrogen and oxygen atoms in total. The molecule has 6 heteroatoms. The molecule has 1 aromatic rings. The van der Waals surface area contributed by atoms with E-state index < -0.39 is 12.6 Å². The normalized spacial score (nSPS) is 45.6. The van der Waals surface area contributed by atoms with E-state index >= 15 is 0 Å². The summed E-state index contributed by atoms with van der Waals surface area (Å²) in [5, 5.41) is 0. The van der Waals surface area contributed by atoms with Crippen molar-refractivity contribution in [2.45, 2.75) is 77.4 Å². The molecule has 3 aliphatic rings. The minimum atomic E-state index is -0.472. The SMILES string of the molecule is CO[C@H]1OC2COC(c3ccccc3)O[C@H]2[C@H](C)C1O[C@@H]1CC(C)[C@@H](C)C(C)O1. The largest absolute Gasteiger partial charge is 0.353 e. The second kappa shape index (κ2) is 9.00. The minimum Gasteiger partial charge on any atom is -0.353 e. The summed E-state index contributed by atoms with van der Waals surface area (Å²) in [6, 6.07) is 10.0. The predicted octanol–water partition coefficient (Wildman–Crippen LogP) is 3.90. The lowest BCUT2D eigenvalue weighted by Crippen LogP contribution is -2.60. The molecular formula is C23H34O6. The van der Waals surface area contributed by atoms with Crippen LogP contribution in [0.25, 0.3) is 0 Å². The zero-order valence-corrected chi connectivity index (χ0v) is 18.0. The highest BCUT2D eigenvalue weighted by Crippen LogP contribution is 2.40. The number of fused-ring (bicyclic) bond motifs is 1. The van der Waals surface area contributed by atoms with Gasteiger partial charge in [0.25, 0.3) is 0 Å². The van der Waals surface area contributed by atoms with Crippen molar-refractivity contribution in [2.75, 3.05) is 13.7 Å². The predicted molar refractivity (Wildman–Crippen MR) is 107 cm³/mol. The zero-order valence-electron chi connectivity index (χ0n) is 18.0. The van der Waals surface area contributed by atoms with Crippen molar-refractivity contribution >= 4 is 0 Å². The Morgan fingerprint density at radius 3 is 2.38 bits per heavy atom. The Labute approximate surface area is 173 Å². The van der Waals surface area contributed by atoms with E-state index in [4.69, 9.17) is 28.4 Å². The van der Waals surface area contributed by atoms with Crippen LogP contribution in [0.3, 0.4) is 0 Å². The van der Waals surface area contributed by atoms with Gasteiger partial charge in [0.2, 0.25) is 0 Å². The van der Waals surface area contributed by atoms with Crippen molar-refractivity contribution in [1.82, 2.24) is 0 Å². The van der Waals surface area contributed by atoms with Gasteiger partial charge in [-0.3, -0.25) is 0 Å². The molecule has 5 unspecified atom stereocenters. The van der Waals surface area contributed by atoms with Gasteiger partial charge in [0, 0.05) is 25.0 Å². The van der Waals surface area contributed by atoms with Gasteiger partial charge in [0.1, 0.15) is 12.2 Å². The van der Waals surface area contributed by atoms with Crippen LogP contribution in [0.5, 0.6) is 0 Å². The third-order valence-electron chi connectivity index (χ3n) is 6.85. The molecule has 3 aliphatic heterocycles. The van der Waals surface area contributed by atoms with Gasteiger partial charge < -0.3 is 28.4 Å². The third kappa shape index (κ3) is 4.38. The third-order valence-corrected chi connectivity index (χ3v) is 6.85. The van der Waals surface area contributed by atoms with Crippen LogP contribution in [-0.4, -0.2) is 50.7 Å². The van der Waals surface area contributed by atoms with E-state index in [1.165, 1.54) is 0 Å². The average Bonchev–Trinajstić information content (AvgIpc) is 2.74. The summed E-state index contributed by atoms with van der Waals surface area (Å²) in [5.41, 5.74) is 1.01. The topological polar surface area (TPSA) is 55.4 Å². The van der Waals surface area contributed by atoms with Gasteiger partial charge in [-0.05, 0) is 18.8 Å². The number of hydrogen-bond acceptors (Lipinski definition) is 6. The van der Waals surface area contributed by atoms with E-state index in [0.717, 1.165) is 12.0 Å². The number of hydrogen-bond donors (Lipinski definition) is 0. The second-order valence-corrected chi connectivity index (χ2v) is 8.76. The molecule has 162 valence electrons. The van der Waals surface area contributed by atoms with Gasteiger partial charge in [-0.25, -0.2) is 0 Å². The van der Waals surface area contributed by atoms with Crippen molar-refractivity contribution in [3.63, 3.8) is 0 Å². The van der Waals surface area contributed by atoms with E-state index in [9.17, 15) is 0 Å². The molecule has 0 bridgehead atoms. The number of ether oxygens (including phenoxy) is 6. The summed E-state index contributed by atoms with van der Waals surface area (Å²) in [7, 11) is 1.65. The first kappa shape index (κ1) is 21.2. The molecule has 10 atom stereocenters. The second-order valence-electron chi connectivity index (χ2n) is 8.76. The molecule has 3 heterocycles. The lowest BCUT2D eigenvalue weighted by atomic mass is 9.86. The molecule has 0 radical (unpaired) electrons. The molecule has 1 aromatic carbocycles. The number of benzene rings is 1. The smallest absolute Gasteiger partial charge is 0.184 e. The van der Waals surface area contributed by atoms with Crippen LogP contribution < -0.4 is 0 Å². The summed E-state index contributed by atoms with van der Waals surface area (Å²) < 4.78 is 36.7. The molecule has 4 rings (SSSR count). The monoisotopic (exact) mass is 406 g/mol. The van der Waals surface area contributed by atoms with Crippen molar-refractivity contribution < 1.29 is 28.4 Å². The average molecular weight is 407 g/mol. The fourth-order valence-electron chi connectivity index (χ4n) is 4.64. The van der Waals surface area contributed by atoms with Crippen molar-refractivity contribution in [2.24, 2.45) is 17.8 Å².